The fourth-order valence-corrected chi connectivity index (χ4v) is 1.64. The molecule has 0 spiro atoms. The van der Waals surface area contributed by atoms with Crippen molar-refractivity contribution in [3.63, 3.8) is 0 Å². The standard InChI is InChI=1S/C11H19NO/c1-4-10(5-2)12-9-11(3)7-6-8-13-11/h1,10,12H,5-9H2,2-3H3. The van der Waals surface area contributed by atoms with E-state index in [1.807, 2.05) is 0 Å². The van der Waals surface area contributed by atoms with Crippen molar-refractivity contribution in [2.45, 2.75) is 44.8 Å². The summed E-state index contributed by atoms with van der Waals surface area (Å²) >= 11 is 0. The molecule has 0 saturated carbocycles. The van der Waals surface area contributed by atoms with E-state index >= 15 is 0 Å². The Morgan fingerprint density at radius 2 is 2.46 bits per heavy atom. The summed E-state index contributed by atoms with van der Waals surface area (Å²) < 4.78 is 5.65. The molecule has 2 nitrogen and oxygen atoms in total. The zero-order valence-corrected chi connectivity index (χ0v) is 8.60. The maximum Gasteiger partial charge on any atom is 0.0779 e. The number of nitrogens with one attached hydrogen (secondary N) is 1. The largest absolute Gasteiger partial charge is 0.374 e. The fourth-order valence-electron chi connectivity index (χ4n) is 1.64. The van der Waals surface area contributed by atoms with E-state index in [9.17, 15) is 0 Å². The number of hydrogen-bond acceptors (Lipinski definition) is 2. The molecule has 1 rings (SSSR count). The summed E-state index contributed by atoms with van der Waals surface area (Å²) in [5, 5.41) is 3.34. The lowest BCUT2D eigenvalue weighted by molar-refractivity contribution is 0.0198. The highest BCUT2D eigenvalue weighted by Crippen LogP contribution is 2.23. The molecule has 0 bridgehead atoms. The maximum atomic E-state index is 5.65. The molecule has 0 amide bonds. The Morgan fingerprint density at radius 3 is 2.92 bits per heavy atom. The van der Waals surface area contributed by atoms with E-state index < -0.39 is 0 Å². The van der Waals surface area contributed by atoms with Gasteiger partial charge < -0.3 is 10.1 Å². The van der Waals surface area contributed by atoms with Gasteiger partial charge in [-0.1, -0.05) is 12.8 Å². The van der Waals surface area contributed by atoms with Crippen LogP contribution in [0, 0.1) is 12.3 Å². The monoisotopic (exact) mass is 181 g/mol. The molecule has 0 radical (unpaired) electrons. The van der Waals surface area contributed by atoms with Crippen molar-refractivity contribution in [2.24, 2.45) is 0 Å². The minimum atomic E-state index is 0.0181. The van der Waals surface area contributed by atoms with E-state index in [1.165, 1.54) is 6.42 Å². The molecule has 2 atom stereocenters. The highest BCUT2D eigenvalue weighted by molar-refractivity contribution is 4.99. The van der Waals surface area contributed by atoms with Gasteiger partial charge in [0.25, 0.3) is 0 Å². The molecule has 2 unspecified atom stereocenters. The molecule has 74 valence electrons. The van der Waals surface area contributed by atoms with Gasteiger partial charge in [0.15, 0.2) is 0 Å². The summed E-state index contributed by atoms with van der Waals surface area (Å²) in [6, 6.07) is 0.195. The molecule has 1 aliphatic rings. The van der Waals surface area contributed by atoms with E-state index in [2.05, 4.69) is 25.1 Å². The lowest BCUT2D eigenvalue weighted by atomic mass is 10.0. The Bertz CT molecular complexity index is 189. The molecular formula is C11H19NO. The van der Waals surface area contributed by atoms with E-state index in [-0.39, 0.29) is 11.6 Å². The zero-order valence-electron chi connectivity index (χ0n) is 8.60. The number of terminal acetylenes is 1. The highest BCUT2D eigenvalue weighted by atomic mass is 16.5. The molecule has 0 aromatic carbocycles. The molecular weight excluding hydrogens is 162 g/mol. The van der Waals surface area contributed by atoms with Gasteiger partial charge in [0.2, 0.25) is 0 Å². The summed E-state index contributed by atoms with van der Waals surface area (Å²) in [7, 11) is 0. The number of rotatable bonds is 4. The van der Waals surface area contributed by atoms with Crippen molar-refractivity contribution < 1.29 is 4.74 Å². The van der Waals surface area contributed by atoms with Crippen molar-refractivity contribution >= 4 is 0 Å². The average molecular weight is 181 g/mol. The maximum absolute atomic E-state index is 5.65. The van der Waals surface area contributed by atoms with Crippen LogP contribution in [0.3, 0.4) is 0 Å². The fraction of sp³-hybridized carbons (Fsp3) is 0.818. The summed E-state index contributed by atoms with van der Waals surface area (Å²) in [4.78, 5) is 0. The molecule has 1 fully saturated rings. The van der Waals surface area contributed by atoms with Gasteiger partial charge in [-0.05, 0) is 26.2 Å². The van der Waals surface area contributed by atoms with Crippen LogP contribution in [0.5, 0.6) is 0 Å². The van der Waals surface area contributed by atoms with Gasteiger partial charge in [0.05, 0.1) is 11.6 Å². The van der Waals surface area contributed by atoms with E-state index in [1.54, 1.807) is 0 Å². The van der Waals surface area contributed by atoms with E-state index in [0.717, 1.165) is 26.0 Å². The van der Waals surface area contributed by atoms with Crippen LogP contribution in [0.2, 0.25) is 0 Å². The molecule has 1 heterocycles. The second kappa shape index (κ2) is 4.64. The topological polar surface area (TPSA) is 21.3 Å². The third kappa shape index (κ3) is 3.02. The molecule has 1 aliphatic heterocycles. The minimum absolute atomic E-state index is 0.0181. The Morgan fingerprint density at radius 1 is 1.69 bits per heavy atom. The molecule has 0 aromatic rings. The molecule has 1 N–H and O–H groups in total. The van der Waals surface area contributed by atoms with Gasteiger partial charge in [0.1, 0.15) is 0 Å². The van der Waals surface area contributed by atoms with Crippen LogP contribution in [0.25, 0.3) is 0 Å². The Hall–Kier alpha value is -0.520. The predicted molar refractivity (Wildman–Crippen MR) is 54.5 cm³/mol. The van der Waals surface area contributed by atoms with Crippen molar-refractivity contribution in [3.05, 3.63) is 0 Å². The average Bonchev–Trinajstić information content (AvgIpc) is 2.55. The molecule has 13 heavy (non-hydrogen) atoms. The Labute approximate surface area is 81.0 Å². The zero-order chi connectivity index (χ0) is 9.73. The first-order valence-electron chi connectivity index (χ1n) is 5.03. The van der Waals surface area contributed by atoms with Crippen LogP contribution in [-0.2, 0) is 4.74 Å². The molecule has 0 aliphatic carbocycles. The van der Waals surface area contributed by atoms with Crippen LogP contribution in [-0.4, -0.2) is 24.8 Å². The Balaban J connectivity index is 2.28. The lowest BCUT2D eigenvalue weighted by Gasteiger charge is -2.25. The molecule has 1 saturated heterocycles. The quantitative estimate of drug-likeness (QED) is 0.664. The number of ether oxygens (including phenoxy) is 1. The second-order valence-electron chi connectivity index (χ2n) is 3.91. The Kier molecular flexibility index (Phi) is 3.77. The summed E-state index contributed by atoms with van der Waals surface area (Å²) in [5.41, 5.74) is 0.0181. The summed E-state index contributed by atoms with van der Waals surface area (Å²) in [6.07, 6.45) is 8.65. The smallest absolute Gasteiger partial charge is 0.0779 e. The van der Waals surface area contributed by atoms with Gasteiger partial charge in [-0.15, -0.1) is 6.42 Å². The van der Waals surface area contributed by atoms with Gasteiger partial charge in [-0.2, -0.15) is 0 Å². The van der Waals surface area contributed by atoms with Crippen LogP contribution >= 0.6 is 0 Å². The van der Waals surface area contributed by atoms with Crippen molar-refractivity contribution in [1.82, 2.24) is 5.32 Å². The lowest BCUT2D eigenvalue weighted by Crippen LogP contribution is -2.41. The predicted octanol–water partition coefficient (Wildman–Crippen LogP) is 1.56. The molecule has 0 aromatic heterocycles. The first kappa shape index (κ1) is 10.6. The van der Waals surface area contributed by atoms with Crippen LogP contribution in [0.15, 0.2) is 0 Å². The molecule has 2 heteroatoms. The first-order chi connectivity index (χ1) is 6.20. The van der Waals surface area contributed by atoms with Gasteiger partial charge in [-0.3, -0.25) is 0 Å². The third-order valence-electron chi connectivity index (χ3n) is 2.63. The SMILES string of the molecule is C#CC(CC)NCC1(C)CCCO1. The van der Waals surface area contributed by atoms with Crippen LogP contribution < -0.4 is 5.32 Å². The third-order valence-corrected chi connectivity index (χ3v) is 2.63. The van der Waals surface area contributed by atoms with Crippen molar-refractivity contribution in [3.8, 4) is 12.3 Å². The van der Waals surface area contributed by atoms with Gasteiger partial charge in [0, 0.05) is 13.2 Å². The second-order valence-corrected chi connectivity index (χ2v) is 3.91. The van der Waals surface area contributed by atoms with Crippen molar-refractivity contribution in [2.75, 3.05) is 13.2 Å². The summed E-state index contributed by atoms with van der Waals surface area (Å²) in [6.45, 7) is 6.01. The van der Waals surface area contributed by atoms with E-state index in [4.69, 9.17) is 11.2 Å². The van der Waals surface area contributed by atoms with Crippen molar-refractivity contribution in [1.29, 1.82) is 0 Å². The van der Waals surface area contributed by atoms with Gasteiger partial charge in [-0.25, -0.2) is 0 Å². The van der Waals surface area contributed by atoms with Crippen LogP contribution in [0.1, 0.15) is 33.1 Å². The highest BCUT2D eigenvalue weighted by Gasteiger charge is 2.29. The number of hydrogen-bond donors (Lipinski definition) is 1. The normalized spacial score (nSPS) is 29.9. The minimum Gasteiger partial charge on any atom is -0.374 e. The first-order valence-corrected chi connectivity index (χ1v) is 5.03. The van der Waals surface area contributed by atoms with Gasteiger partial charge >= 0.3 is 0 Å². The van der Waals surface area contributed by atoms with Crippen LogP contribution in [0.4, 0.5) is 0 Å². The van der Waals surface area contributed by atoms with E-state index in [0.29, 0.717) is 0 Å². The summed E-state index contributed by atoms with van der Waals surface area (Å²) in [5.74, 6) is 2.73.